The van der Waals surface area contributed by atoms with Gasteiger partial charge in [0.1, 0.15) is 6.07 Å². The van der Waals surface area contributed by atoms with Crippen LogP contribution in [0.2, 0.25) is 0 Å². The summed E-state index contributed by atoms with van der Waals surface area (Å²) >= 11 is 0. The monoisotopic (exact) mass is 294 g/mol. The molecule has 0 saturated carbocycles. The Bertz CT molecular complexity index is 636. The van der Waals surface area contributed by atoms with E-state index in [-0.39, 0.29) is 10.5 Å². The normalized spacial score (nSPS) is 19.9. The molecule has 20 heavy (non-hydrogen) atoms. The molecule has 0 radical (unpaired) electrons. The molecule has 0 aliphatic carbocycles. The number of hydrogen-bond donors (Lipinski definition) is 2. The summed E-state index contributed by atoms with van der Waals surface area (Å²) in [6.07, 6.45) is 0.978. The van der Waals surface area contributed by atoms with Crippen LogP contribution in [0.15, 0.2) is 23.1 Å². The minimum atomic E-state index is -3.67. The second-order valence-electron chi connectivity index (χ2n) is 5.14. The van der Waals surface area contributed by atoms with E-state index in [4.69, 9.17) is 11.0 Å². The van der Waals surface area contributed by atoms with Crippen molar-refractivity contribution in [2.24, 2.45) is 5.92 Å². The minimum Gasteiger partial charge on any atom is -0.399 e. The zero-order chi connectivity index (χ0) is 14.8. The van der Waals surface area contributed by atoms with Gasteiger partial charge in [0.2, 0.25) is 10.0 Å². The first-order valence-corrected chi connectivity index (χ1v) is 7.88. The number of sulfonamides is 1. The summed E-state index contributed by atoms with van der Waals surface area (Å²) in [6, 6.07) is 6.10. The van der Waals surface area contributed by atoms with Crippen molar-refractivity contribution in [2.45, 2.75) is 11.3 Å². The van der Waals surface area contributed by atoms with Crippen LogP contribution >= 0.6 is 0 Å². The highest BCUT2D eigenvalue weighted by molar-refractivity contribution is 7.89. The Hall–Kier alpha value is -1.62. The van der Waals surface area contributed by atoms with Crippen LogP contribution in [0.25, 0.3) is 0 Å². The van der Waals surface area contributed by atoms with Gasteiger partial charge in [0.25, 0.3) is 0 Å². The molecule has 1 saturated heterocycles. The van der Waals surface area contributed by atoms with Crippen LogP contribution in [0.5, 0.6) is 0 Å². The summed E-state index contributed by atoms with van der Waals surface area (Å²) in [5.41, 5.74) is 6.01. The summed E-state index contributed by atoms with van der Waals surface area (Å²) in [6.45, 7) is 2.26. The van der Waals surface area contributed by atoms with Gasteiger partial charge in [-0.1, -0.05) is 0 Å². The van der Waals surface area contributed by atoms with Gasteiger partial charge >= 0.3 is 0 Å². The first-order chi connectivity index (χ1) is 9.42. The molecule has 0 amide bonds. The number of benzene rings is 1. The van der Waals surface area contributed by atoms with Gasteiger partial charge in [0, 0.05) is 18.8 Å². The van der Waals surface area contributed by atoms with Gasteiger partial charge in [-0.15, -0.1) is 0 Å². The van der Waals surface area contributed by atoms with Crippen LogP contribution in [-0.4, -0.2) is 40.0 Å². The largest absolute Gasteiger partial charge is 0.399 e. The molecule has 0 bridgehead atoms. The molecule has 108 valence electrons. The highest BCUT2D eigenvalue weighted by Gasteiger charge is 2.23. The topological polar surface area (TPSA) is 99.2 Å². The third kappa shape index (κ3) is 3.28. The van der Waals surface area contributed by atoms with Gasteiger partial charge in [-0.2, -0.15) is 5.26 Å². The predicted molar refractivity (Wildman–Crippen MR) is 76.4 cm³/mol. The van der Waals surface area contributed by atoms with Crippen molar-refractivity contribution in [1.82, 2.24) is 9.62 Å². The van der Waals surface area contributed by atoms with Crippen molar-refractivity contribution < 1.29 is 8.42 Å². The average molecular weight is 294 g/mol. The van der Waals surface area contributed by atoms with E-state index in [2.05, 4.69) is 9.62 Å². The number of likely N-dealkylation sites (tertiary alicyclic amines) is 1. The Balaban J connectivity index is 2.13. The molecule has 1 atom stereocenters. The third-order valence-electron chi connectivity index (χ3n) is 3.46. The lowest BCUT2D eigenvalue weighted by Gasteiger charge is -2.13. The number of rotatable bonds is 4. The molecule has 0 spiro atoms. The van der Waals surface area contributed by atoms with E-state index in [9.17, 15) is 8.42 Å². The predicted octanol–water partition coefficient (Wildman–Crippen LogP) is 0.370. The summed E-state index contributed by atoms with van der Waals surface area (Å²) < 4.78 is 27.1. The van der Waals surface area contributed by atoms with E-state index in [1.54, 1.807) is 0 Å². The van der Waals surface area contributed by atoms with Gasteiger partial charge in [-0.05, 0) is 44.1 Å². The van der Waals surface area contributed by atoms with E-state index in [1.165, 1.54) is 18.2 Å². The molecule has 2 rings (SSSR count). The van der Waals surface area contributed by atoms with E-state index in [1.807, 2.05) is 13.1 Å². The minimum absolute atomic E-state index is 0.0134. The molecule has 7 heteroatoms. The molecule has 1 aliphatic rings. The second-order valence-corrected chi connectivity index (χ2v) is 6.87. The number of anilines is 1. The van der Waals surface area contributed by atoms with Gasteiger partial charge in [-0.3, -0.25) is 0 Å². The Labute approximate surface area is 119 Å². The number of nitrogen functional groups attached to an aromatic ring is 1. The van der Waals surface area contributed by atoms with Crippen LogP contribution in [0.4, 0.5) is 5.69 Å². The van der Waals surface area contributed by atoms with Crippen molar-refractivity contribution in [3.8, 4) is 6.07 Å². The lowest BCUT2D eigenvalue weighted by molar-refractivity contribution is 0.394. The smallest absolute Gasteiger partial charge is 0.241 e. The highest BCUT2D eigenvalue weighted by Crippen LogP contribution is 2.19. The molecule has 1 unspecified atom stereocenters. The lowest BCUT2D eigenvalue weighted by Crippen LogP contribution is -2.31. The number of nitriles is 1. The molecule has 3 N–H and O–H groups in total. The van der Waals surface area contributed by atoms with Crippen LogP contribution in [-0.2, 0) is 10.0 Å². The standard InChI is InChI=1S/C13H18N4O2S/c1-17-5-4-10(9-17)8-16-20(18,19)13-3-2-12(15)6-11(13)7-14/h2-3,6,10,16H,4-5,8-9,15H2,1H3. The van der Waals surface area contributed by atoms with Crippen molar-refractivity contribution in [1.29, 1.82) is 5.26 Å². The highest BCUT2D eigenvalue weighted by atomic mass is 32.2. The van der Waals surface area contributed by atoms with Crippen molar-refractivity contribution in [2.75, 3.05) is 32.4 Å². The Morgan fingerprint density at radius 3 is 2.90 bits per heavy atom. The summed E-state index contributed by atoms with van der Waals surface area (Å²) in [5, 5.41) is 9.02. The third-order valence-corrected chi connectivity index (χ3v) is 4.95. The van der Waals surface area contributed by atoms with Crippen LogP contribution < -0.4 is 10.5 Å². The number of nitrogens with one attached hydrogen (secondary N) is 1. The maximum Gasteiger partial charge on any atom is 0.241 e. The SMILES string of the molecule is CN1CCC(CNS(=O)(=O)c2ccc(N)cc2C#N)C1. The van der Waals surface area contributed by atoms with E-state index >= 15 is 0 Å². The zero-order valence-electron chi connectivity index (χ0n) is 11.3. The van der Waals surface area contributed by atoms with Gasteiger partial charge in [0.15, 0.2) is 0 Å². The van der Waals surface area contributed by atoms with E-state index < -0.39 is 10.0 Å². The molecule has 1 aromatic rings. The first-order valence-electron chi connectivity index (χ1n) is 6.40. The fourth-order valence-electron chi connectivity index (χ4n) is 2.37. The number of hydrogen-bond acceptors (Lipinski definition) is 5. The van der Waals surface area contributed by atoms with Crippen LogP contribution in [0.3, 0.4) is 0 Å². The summed E-state index contributed by atoms with van der Waals surface area (Å²) in [4.78, 5) is 2.16. The molecular weight excluding hydrogens is 276 g/mol. The lowest BCUT2D eigenvalue weighted by atomic mass is 10.1. The van der Waals surface area contributed by atoms with E-state index in [0.717, 1.165) is 19.5 Å². The van der Waals surface area contributed by atoms with E-state index in [0.29, 0.717) is 18.2 Å². The van der Waals surface area contributed by atoms with Gasteiger partial charge < -0.3 is 10.6 Å². The van der Waals surface area contributed by atoms with Gasteiger partial charge in [-0.25, -0.2) is 13.1 Å². The van der Waals surface area contributed by atoms with Crippen LogP contribution in [0, 0.1) is 17.2 Å². The molecule has 1 fully saturated rings. The Morgan fingerprint density at radius 2 is 2.30 bits per heavy atom. The second kappa shape index (κ2) is 5.79. The maximum atomic E-state index is 12.2. The maximum absolute atomic E-state index is 12.2. The Morgan fingerprint density at radius 1 is 1.55 bits per heavy atom. The fourth-order valence-corrected chi connectivity index (χ4v) is 3.62. The molecule has 1 aliphatic heterocycles. The quantitative estimate of drug-likeness (QED) is 0.782. The first kappa shape index (κ1) is 14.8. The van der Waals surface area contributed by atoms with Gasteiger partial charge in [0.05, 0.1) is 10.5 Å². The Kier molecular flexibility index (Phi) is 4.28. The molecule has 1 heterocycles. The number of nitrogens with zero attached hydrogens (tertiary/aromatic N) is 2. The fraction of sp³-hybridized carbons (Fsp3) is 0.462. The summed E-state index contributed by atoms with van der Waals surface area (Å²) in [7, 11) is -1.66. The van der Waals surface area contributed by atoms with Crippen LogP contribution in [0.1, 0.15) is 12.0 Å². The molecule has 6 nitrogen and oxygen atoms in total. The average Bonchev–Trinajstić information content (AvgIpc) is 2.82. The summed E-state index contributed by atoms with van der Waals surface area (Å²) in [5.74, 6) is 0.314. The van der Waals surface area contributed by atoms with Crippen molar-refractivity contribution >= 4 is 15.7 Å². The van der Waals surface area contributed by atoms with Crippen molar-refractivity contribution in [3.05, 3.63) is 23.8 Å². The molecule has 0 aromatic heterocycles. The number of nitrogens with two attached hydrogens (primary N) is 1. The zero-order valence-corrected chi connectivity index (χ0v) is 12.2. The molecular formula is C13H18N4O2S. The van der Waals surface area contributed by atoms with Crippen molar-refractivity contribution in [3.63, 3.8) is 0 Å². The molecule has 1 aromatic carbocycles.